The van der Waals surface area contributed by atoms with Crippen LogP contribution in [0.2, 0.25) is 0 Å². The molecule has 1 unspecified atom stereocenters. The van der Waals surface area contributed by atoms with E-state index in [4.69, 9.17) is 4.74 Å². The second kappa shape index (κ2) is 9.29. The highest BCUT2D eigenvalue weighted by Gasteiger charge is 2.55. The van der Waals surface area contributed by atoms with Gasteiger partial charge in [-0.1, -0.05) is 43.3 Å². The molecule has 1 atom stereocenters. The van der Waals surface area contributed by atoms with Gasteiger partial charge in [0.05, 0.1) is 6.04 Å². The molecule has 2 heterocycles. The molecule has 36 heavy (non-hydrogen) atoms. The fourth-order valence-electron chi connectivity index (χ4n) is 6.04. The van der Waals surface area contributed by atoms with Gasteiger partial charge in [-0.3, -0.25) is 9.69 Å². The monoisotopic (exact) mass is 482 g/mol. The Balaban J connectivity index is 1.26. The van der Waals surface area contributed by atoms with E-state index in [0.717, 1.165) is 67.8 Å². The molecule has 2 aliphatic heterocycles. The lowest BCUT2D eigenvalue weighted by atomic mass is 9.83. The Bertz CT molecular complexity index is 1230. The number of hydrogen-bond acceptors (Lipinski definition) is 4. The first-order valence-corrected chi connectivity index (χ1v) is 13.2. The lowest BCUT2D eigenvalue weighted by molar-refractivity contribution is 0.0202. The highest BCUT2D eigenvalue weighted by Crippen LogP contribution is 2.54. The summed E-state index contributed by atoms with van der Waals surface area (Å²) in [6.45, 7) is 5.35. The van der Waals surface area contributed by atoms with Gasteiger partial charge in [0.15, 0.2) is 0 Å². The molecule has 186 valence electrons. The topological polar surface area (TPSA) is 53.0 Å². The molecule has 5 heteroatoms. The fourth-order valence-corrected chi connectivity index (χ4v) is 6.04. The molecule has 0 radical (unpaired) electrons. The van der Waals surface area contributed by atoms with Crippen LogP contribution < -0.4 is 4.74 Å². The fraction of sp³-hybridized carbons (Fsp3) is 0.387. The average molecular weight is 483 g/mol. The first kappa shape index (κ1) is 23.1. The second-order valence-electron chi connectivity index (χ2n) is 10.7. The van der Waals surface area contributed by atoms with Crippen LogP contribution in [-0.2, 0) is 12.8 Å². The molecule has 1 amide bonds. The van der Waals surface area contributed by atoms with Crippen molar-refractivity contribution in [2.45, 2.75) is 56.7 Å². The normalized spacial score (nSPS) is 20.6. The van der Waals surface area contributed by atoms with Crippen LogP contribution in [0.5, 0.6) is 11.5 Å². The van der Waals surface area contributed by atoms with Crippen LogP contribution in [0.4, 0.5) is 0 Å². The number of amides is 1. The number of phenolic OH excluding ortho intramolecular Hbond substituents is 1. The van der Waals surface area contributed by atoms with Crippen molar-refractivity contribution in [3.63, 3.8) is 0 Å². The van der Waals surface area contributed by atoms with E-state index in [-0.39, 0.29) is 23.6 Å². The van der Waals surface area contributed by atoms with Gasteiger partial charge in [-0.2, -0.15) is 0 Å². The summed E-state index contributed by atoms with van der Waals surface area (Å²) in [7, 11) is 0. The van der Waals surface area contributed by atoms with Gasteiger partial charge in [-0.05, 0) is 91.7 Å². The average Bonchev–Trinajstić information content (AvgIpc) is 3.63. The van der Waals surface area contributed by atoms with E-state index in [2.05, 4.69) is 41.0 Å². The predicted molar refractivity (Wildman–Crippen MR) is 140 cm³/mol. The molecule has 1 saturated heterocycles. The number of carbonyl (C=O) groups excluding carboxylic acids is 1. The number of likely N-dealkylation sites (tertiary alicyclic amines) is 1. The molecule has 1 N–H and O–H groups in total. The zero-order valence-electron chi connectivity index (χ0n) is 20.9. The Morgan fingerprint density at radius 2 is 1.78 bits per heavy atom. The number of fused-ring (bicyclic) bond motifs is 1. The number of hydrogen-bond donors (Lipinski definition) is 1. The molecule has 1 spiro atoms. The van der Waals surface area contributed by atoms with Crippen LogP contribution in [0.3, 0.4) is 0 Å². The van der Waals surface area contributed by atoms with Gasteiger partial charge in [0.2, 0.25) is 0 Å². The number of benzene rings is 3. The Hall–Kier alpha value is -3.31. The van der Waals surface area contributed by atoms with Crippen LogP contribution in [0.15, 0.2) is 72.8 Å². The van der Waals surface area contributed by atoms with E-state index in [0.29, 0.717) is 5.75 Å². The summed E-state index contributed by atoms with van der Waals surface area (Å²) in [5, 5.41) is 10.2. The highest BCUT2D eigenvalue weighted by atomic mass is 16.5. The van der Waals surface area contributed by atoms with Crippen LogP contribution >= 0.6 is 0 Å². The smallest absolute Gasteiger partial charge is 0.254 e. The van der Waals surface area contributed by atoms with Crippen LogP contribution in [-0.4, -0.2) is 52.1 Å². The summed E-state index contributed by atoms with van der Waals surface area (Å²) >= 11 is 0. The minimum Gasteiger partial charge on any atom is -0.508 e. The molecule has 3 aromatic rings. The van der Waals surface area contributed by atoms with Gasteiger partial charge in [-0.15, -0.1) is 0 Å². The molecule has 3 aliphatic rings. The molecule has 3 aromatic carbocycles. The van der Waals surface area contributed by atoms with E-state index in [1.165, 1.54) is 12.0 Å². The largest absolute Gasteiger partial charge is 0.508 e. The number of nitrogens with zero attached hydrogens (tertiary/aromatic N) is 2. The number of rotatable bonds is 7. The van der Waals surface area contributed by atoms with E-state index in [9.17, 15) is 9.90 Å². The lowest BCUT2D eigenvalue weighted by Crippen LogP contribution is -2.53. The lowest BCUT2D eigenvalue weighted by Gasteiger charge is -2.44. The molecule has 0 aromatic heterocycles. The summed E-state index contributed by atoms with van der Waals surface area (Å²) < 4.78 is 6.17. The van der Waals surface area contributed by atoms with Gasteiger partial charge in [0.25, 0.3) is 5.91 Å². The predicted octanol–water partition coefficient (Wildman–Crippen LogP) is 5.38. The maximum Gasteiger partial charge on any atom is 0.254 e. The summed E-state index contributed by atoms with van der Waals surface area (Å²) in [4.78, 5) is 18.4. The van der Waals surface area contributed by atoms with Crippen molar-refractivity contribution in [1.82, 2.24) is 9.80 Å². The van der Waals surface area contributed by atoms with Crippen molar-refractivity contribution in [3.8, 4) is 11.5 Å². The molecule has 1 saturated carbocycles. The summed E-state index contributed by atoms with van der Waals surface area (Å²) in [5.74, 6) is 1.30. The molecular weight excluding hydrogens is 448 g/mol. The Kier molecular flexibility index (Phi) is 5.96. The van der Waals surface area contributed by atoms with Gasteiger partial charge in [0.1, 0.15) is 17.6 Å². The molecule has 6 rings (SSSR count). The zero-order chi connectivity index (χ0) is 24.7. The van der Waals surface area contributed by atoms with E-state index >= 15 is 0 Å². The van der Waals surface area contributed by atoms with Crippen molar-refractivity contribution < 1.29 is 14.6 Å². The van der Waals surface area contributed by atoms with Crippen molar-refractivity contribution in [2.75, 3.05) is 19.6 Å². The van der Waals surface area contributed by atoms with Gasteiger partial charge in [0, 0.05) is 24.2 Å². The SMILES string of the molecule is CCCN1CC(Oc2ccc(CC3c4ccc(O)cc4CC4(CC4)N3C(=O)c3ccccc3)cc2)C1. The summed E-state index contributed by atoms with van der Waals surface area (Å²) in [5.41, 5.74) is 4.06. The van der Waals surface area contributed by atoms with Crippen LogP contribution in [0, 0.1) is 0 Å². The van der Waals surface area contributed by atoms with Crippen molar-refractivity contribution in [3.05, 3.63) is 95.1 Å². The third kappa shape index (κ3) is 4.37. The van der Waals surface area contributed by atoms with E-state index in [1.54, 1.807) is 6.07 Å². The van der Waals surface area contributed by atoms with Crippen LogP contribution in [0.1, 0.15) is 59.3 Å². The molecule has 0 bridgehead atoms. The maximum absolute atomic E-state index is 13.9. The Morgan fingerprint density at radius 3 is 2.47 bits per heavy atom. The first-order chi connectivity index (χ1) is 17.5. The van der Waals surface area contributed by atoms with E-state index in [1.807, 2.05) is 42.5 Å². The van der Waals surface area contributed by atoms with Crippen molar-refractivity contribution in [1.29, 1.82) is 0 Å². The van der Waals surface area contributed by atoms with Crippen LogP contribution in [0.25, 0.3) is 0 Å². The second-order valence-corrected chi connectivity index (χ2v) is 10.7. The first-order valence-electron chi connectivity index (χ1n) is 13.2. The molecule has 5 nitrogen and oxygen atoms in total. The number of ether oxygens (including phenoxy) is 1. The molecular formula is C31H34N2O3. The minimum absolute atomic E-state index is 0.0782. The van der Waals surface area contributed by atoms with E-state index < -0.39 is 0 Å². The Labute approximate surface area is 213 Å². The number of carbonyl (C=O) groups is 1. The van der Waals surface area contributed by atoms with Gasteiger partial charge in [-0.25, -0.2) is 0 Å². The van der Waals surface area contributed by atoms with Gasteiger partial charge >= 0.3 is 0 Å². The molecule has 1 aliphatic carbocycles. The van der Waals surface area contributed by atoms with Crippen molar-refractivity contribution in [2.24, 2.45) is 0 Å². The Morgan fingerprint density at radius 1 is 1.03 bits per heavy atom. The number of aromatic hydroxyl groups is 1. The summed E-state index contributed by atoms with van der Waals surface area (Å²) in [6.07, 6.45) is 4.98. The minimum atomic E-state index is -0.157. The zero-order valence-corrected chi connectivity index (χ0v) is 20.9. The summed E-state index contributed by atoms with van der Waals surface area (Å²) in [6, 6.07) is 23.6. The standard InChI is InChI=1S/C31H34N2O3/c1-2-16-32-20-27(21-32)36-26-11-8-22(9-12-26)17-29-28-13-10-25(34)18-24(28)19-31(14-15-31)33(29)30(35)23-6-4-3-5-7-23/h3-13,18,27,29,34H,2,14-17,19-21H2,1H3. The molecule has 2 fully saturated rings. The third-order valence-electron chi connectivity index (χ3n) is 8.01. The third-order valence-corrected chi connectivity index (χ3v) is 8.01. The number of phenols is 1. The quantitative estimate of drug-likeness (QED) is 0.491. The van der Waals surface area contributed by atoms with Gasteiger partial charge < -0.3 is 14.7 Å². The highest BCUT2D eigenvalue weighted by molar-refractivity contribution is 5.95. The maximum atomic E-state index is 13.9. The van der Waals surface area contributed by atoms with Crippen molar-refractivity contribution >= 4 is 5.91 Å².